The first-order valence-corrected chi connectivity index (χ1v) is 12.5. The average Bonchev–Trinajstić information content (AvgIpc) is 2.48. The van der Waals surface area contributed by atoms with Crippen molar-refractivity contribution in [3.05, 3.63) is 65.7 Å². The number of benzene rings is 2. The standard InChI is InChI=1S/C17H18O4Te/c1-13(22(2,19)20)12-14-8-10-15(11-9-14)17(18)21-16-6-4-3-5-7-16/h3-11,13H,12H2,1-2H3. The normalized spacial score (nSPS) is 12.6. The molecule has 1 atom stereocenters. The van der Waals surface area contributed by atoms with Crippen LogP contribution in [-0.2, 0) is 12.6 Å². The summed E-state index contributed by atoms with van der Waals surface area (Å²) in [5.41, 5.74) is 1.34. The Hall–Kier alpha value is -1.70. The Kier molecular flexibility index (Phi) is 5.33. The molecule has 0 spiro atoms. The van der Waals surface area contributed by atoms with Crippen molar-refractivity contribution in [1.29, 1.82) is 0 Å². The summed E-state index contributed by atoms with van der Waals surface area (Å²) in [5.74, 6) is 0.0630. The Labute approximate surface area is 133 Å². The van der Waals surface area contributed by atoms with Gasteiger partial charge in [-0.2, -0.15) is 0 Å². The minimum atomic E-state index is -4.14. The van der Waals surface area contributed by atoms with Gasteiger partial charge in [-0.1, -0.05) is 0 Å². The van der Waals surface area contributed by atoms with Crippen LogP contribution < -0.4 is 4.74 Å². The van der Waals surface area contributed by atoms with Crippen LogP contribution in [0.3, 0.4) is 0 Å². The molecular formula is C17H18O4Te. The third-order valence-electron chi connectivity index (χ3n) is 3.40. The predicted octanol–water partition coefficient (Wildman–Crippen LogP) is 3.77. The fourth-order valence-electron chi connectivity index (χ4n) is 1.91. The van der Waals surface area contributed by atoms with Crippen molar-refractivity contribution in [3.8, 4) is 5.75 Å². The second-order valence-corrected chi connectivity index (χ2v) is 12.3. The van der Waals surface area contributed by atoms with E-state index in [1.807, 2.05) is 6.07 Å². The van der Waals surface area contributed by atoms with Crippen molar-refractivity contribution < 1.29 is 15.7 Å². The number of ether oxygens (including phenoxy) is 1. The number of rotatable bonds is 5. The first kappa shape index (κ1) is 16.7. The van der Waals surface area contributed by atoms with Gasteiger partial charge in [-0.05, 0) is 0 Å². The SMILES string of the molecule is CC(Cc1ccc(C(=O)Oc2ccccc2)cc1)[Te](C)(=O)=O. The van der Waals surface area contributed by atoms with E-state index in [4.69, 9.17) is 4.74 Å². The zero-order chi connectivity index (χ0) is 16.2. The molecule has 0 radical (unpaired) electrons. The van der Waals surface area contributed by atoms with Gasteiger partial charge in [0.25, 0.3) is 0 Å². The molecular weight excluding hydrogens is 396 g/mol. The van der Waals surface area contributed by atoms with Gasteiger partial charge in [0.1, 0.15) is 0 Å². The van der Waals surface area contributed by atoms with Crippen molar-refractivity contribution in [2.24, 2.45) is 0 Å². The molecule has 5 heteroatoms. The fraction of sp³-hybridized carbons (Fsp3) is 0.235. The molecule has 0 amide bonds. The molecule has 1 unspecified atom stereocenters. The van der Waals surface area contributed by atoms with Gasteiger partial charge >= 0.3 is 134 Å². The Morgan fingerprint density at radius 3 is 2.18 bits per heavy atom. The summed E-state index contributed by atoms with van der Waals surface area (Å²) in [6.45, 7) is 1.72. The average molecular weight is 414 g/mol. The van der Waals surface area contributed by atoms with Crippen molar-refractivity contribution in [2.75, 3.05) is 0 Å². The maximum absolute atomic E-state index is 12.0. The molecule has 0 aliphatic carbocycles. The zero-order valence-corrected chi connectivity index (χ0v) is 14.9. The number of para-hydroxylation sites is 1. The summed E-state index contributed by atoms with van der Waals surface area (Å²) in [4.78, 5) is 13.3. The van der Waals surface area contributed by atoms with Gasteiger partial charge in [0.15, 0.2) is 0 Å². The van der Waals surface area contributed by atoms with Crippen molar-refractivity contribution >= 4 is 24.1 Å². The molecule has 116 valence electrons. The van der Waals surface area contributed by atoms with Crippen LogP contribution in [0.2, 0.25) is 8.94 Å². The van der Waals surface area contributed by atoms with Crippen LogP contribution in [0.1, 0.15) is 22.8 Å². The summed E-state index contributed by atoms with van der Waals surface area (Å²) in [6, 6.07) is 15.7. The van der Waals surface area contributed by atoms with Crippen molar-refractivity contribution in [1.82, 2.24) is 0 Å². The second kappa shape index (κ2) is 7.04. The van der Waals surface area contributed by atoms with E-state index in [-0.39, 0.29) is 3.97 Å². The molecule has 0 saturated carbocycles. The molecule has 2 aromatic carbocycles. The monoisotopic (exact) mass is 416 g/mol. The molecule has 0 saturated heterocycles. The van der Waals surface area contributed by atoms with Gasteiger partial charge in [0, 0.05) is 0 Å². The van der Waals surface area contributed by atoms with E-state index in [1.165, 1.54) is 4.97 Å². The molecule has 0 aromatic heterocycles. The third-order valence-corrected chi connectivity index (χ3v) is 8.05. The number of esters is 1. The van der Waals surface area contributed by atoms with E-state index in [9.17, 15) is 11.0 Å². The Morgan fingerprint density at radius 1 is 1.05 bits per heavy atom. The molecule has 2 aromatic rings. The summed E-state index contributed by atoms with van der Waals surface area (Å²) in [5, 5.41) is 0. The molecule has 0 bridgehead atoms. The molecule has 2 rings (SSSR count). The summed E-state index contributed by atoms with van der Waals surface area (Å²) in [6.07, 6.45) is 0.471. The number of carbonyl (C=O) groups excluding carboxylic acids is 1. The van der Waals surface area contributed by atoms with E-state index in [0.717, 1.165) is 5.56 Å². The van der Waals surface area contributed by atoms with E-state index < -0.39 is 24.1 Å². The molecule has 0 aliphatic rings. The maximum atomic E-state index is 12.0. The molecule has 4 nitrogen and oxygen atoms in total. The Balaban J connectivity index is 2.04. The second-order valence-electron chi connectivity index (χ2n) is 5.24. The van der Waals surface area contributed by atoms with Crippen molar-refractivity contribution in [3.63, 3.8) is 0 Å². The zero-order valence-electron chi connectivity index (χ0n) is 12.5. The van der Waals surface area contributed by atoms with E-state index in [2.05, 4.69) is 0 Å². The quantitative estimate of drug-likeness (QED) is 0.425. The van der Waals surface area contributed by atoms with Crippen LogP contribution in [0.25, 0.3) is 0 Å². The molecule has 22 heavy (non-hydrogen) atoms. The van der Waals surface area contributed by atoms with Gasteiger partial charge in [0.05, 0.1) is 0 Å². The molecule has 0 fully saturated rings. The number of carbonyl (C=O) groups is 1. The topological polar surface area (TPSA) is 60.4 Å². The Morgan fingerprint density at radius 2 is 1.64 bits per heavy atom. The molecule has 0 aliphatic heterocycles. The van der Waals surface area contributed by atoms with Crippen LogP contribution in [0.5, 0.6) is 5.75 Å². The van der Waals surface area contributed by atoms with Crippen LogP contribution in [0, 0.1) is 0 Å². The minimum absolute atomic E-state index is 0.343. The van der Waals surface area contributed by atoms with Crippen LogP contribution in [0.4, 0.5) is 0 Å². The number of hydrogen-bond donors (Lipinski definition) is 0. The van der Waals surface area contributed by atoms with Gasteiger partial charge in [-0.25, -0.2) is 0 Å². The van der Waals surface area contributed by atoms with Crippen molar-refractivity contribution in [2.45, 2.75) is 22.3 Å². The van der Waals surface area contributed by atoms with Gasteiger partial charge in [0.2, 0.25) is 0 Å². The number of hydrogen-bond acceptors (Lipinski definition) is 4. The fourth-order valence-corrected chi connectivity index (χ4v) is 3.33. The van der Waals surface area contributed by atoms with Gasteiger partial charge in [-0.3, -0.25) is 0 Å². The van der Waals surface area contributed by atoms with Crippen LogP contribution in [-0.4, -0.2) is 24.1 Å². The van der Waals surface area contributed by atoms with Gasteiger partial charge in [-0.15, -0.1) is 0 Å². The summed E-state index contributed by atoms with van der Waals surface area (Å²) >= 11 is -4.14. The molecule has 0 N–H and O–H groups in total. The first-order chi connectivity index (χ1) is 10.4. The Bertz CT molecular complexity index is 734. The van der Waals surface area contributed by atoms with Crippen LogP contribution >= 0.6 is 0 Å². The summed E-state index contributed by atoms with van der Waals surface area (Å²) < 4.78 is 28.0. The van der Waals surface area contributed by atoms with Gasteiger partial charge < -0.3 is 0 Å². The predicted molar refractivity (Wildman–Crippen MR) is 84.0 cm³/mol. The van der Waals surface area contributed by atoms with E-state index in [0.29, 0.717) is 17.7 Å². The summed E-state index contributed by atoms with van der Waals surface area (Å²) in [7, 11) is 0. The van der Waals surface area contributed by atoms with E-state index >= 15 is 0 Å². The van der Waals surface area contributed by atoms with Crippen LogP contribution in [0.15, 0.2) is 54.6 Å². The molecule has 0 heterocycles. The first-order valence-electron chi connectivity index (χ1n) is 6.91. The third kappa shape index (κ3) is 4.66. The van der Waals surface area contributed by atoms with E-state index in [1.54, 1.807) is 55.5 Å².